The highest BCUT2D eigenvalue weighted by Crippen LogP contribution is 2.27. The van der Waals surface area contributed by atoms with Gasteiger partial charge in [-0.15, -0.1) is 0 Å². The average molecular weight is 335 g/mol. The molecule has 0 heterocycles. The molecule has 2 rings (SSSR count). The van der Waals surface area contributed by atoms with Crippen LogP contribution in [0.2, 0.25) is 5.02 Å². The zero-order valence-electron chi connectivity index (χ0n) is 13.7. The Morgan fingerprint density at radius 2 is 1.70 bits per heavy atom. The van der Waals surface area contributed by atoms with Crippen molar-refractivity contribution >= 4 is 11.6 Å². The van der Waals surface area contributed by atoms with Crippen LogP contribution in [0.4, 0.5) is 4.39 Å². The number of halogens is 2. The molecule has 0 saturated carbocycles. The van der Waals surface area contributed by atoms with Gasteiger partial charge in [-0.2, -0.15) is 0 Å². The lowest BCUT2D eigenvalue weighted by atomic mass is 10.0. The van der Waals surface area contributed by atoms with Gasteiger partial charge in [0.05, 0.1) is 0 Å². The average Bonchev–Trinajstić information content (AvgIpc) is 2.57. The Hall–Kier alpha value is -1.42. The molecule has 0 bridgehead atoms. The van der Waals surface area contributed by atoms with E-state index in [1.807, 2.05) is 30.3 Å². The molecule has 2 nitrogen and oxygen atoms in total. The van der Waals surface area contributed by atoms with Crippen molar-refractivity contribution in [1.29, 1.82) is 0 Å². The van der Waals surface area contributed by atoms with Crippen molar-refractivity contribution in [3.8, 4) is 0 Å². The molecule has 2 aromatic carbocycles. The van der Waals surface area contributed by atoms with E-state index in [4.69, 9.17) is 11.6 Å². The standard InChI is InChI=1S/C19H24ClFN2/c1-3-23(4-2)19(16-10-6-7-11-17(16)20)14-22-13-15-9-5-8-12-18(15)21/h5-12,19,22H,3-4,13-14H2,1-2H3. The molecular formula is C19H24ClFN2. The van der Waals surface area contributed by atoms with Crippen LogP contribution in [0.25, 0.3) is 0 Å². The maximum Gasteiger partial charge on any atom is 0.127 e. The molecule has 0 aromatic heterocycles. The summed E-state index contributed by atoms with van der Waals surface area (Å²) in [6.07, 6.45) is 0. The SMILES string of the molecule is CCN(CC)C(CNCc1ccccc1F)c1ccccc1Cl. The molecule has 1 unspecified atom stereocenters. The Bertz CT molecular complexity index is 614. The van der Waals surface area contributed by atoms with Crippen molar-refractivity contribution in [2.75, 3.05) is 19.6 Å². The number of rotatable bonds is 8. The predicted octanol–water partition coefficient (Wildman–Crippen LogP) is 4.65. The third-order valence-electron chi connectivity index (χ3n) is 4.13. The van der Waals surface area contributed by atoms with Gasteiger partial charge in [-0.3, -0.25) is 4.90 Å². The summed E-state index contributed by atoms with van der Waals surface area (Å²) in [7, 11) is 0. The van der Waals surface area contributed by atoms with Gasteiger partial charge in [0.2, 0.25) is 0 Å². The monoisotopic (exact) mass is 334 g/mol. The quantitative estimate of drug-likeness (QED) is 0.755. The third kappa shape index (κ3) is 4.77. The zero-order chi connectivity index (χ0) is 16.7. The summed E-state index contributed by atoms with van der Waals surface area (Å²) >= 11 is 6.38. The van der Waals surface area contributed by atoms with Gasteiger partial charge in [0, 0.05) is 29.7 Å². The number of nitrogens with one attached hydrogen (secondary N) is 1. The summed E-state index contributed by atoms with van der Waals surface area (Å²) in [5.41, 5.74) is 1.80. The van der Waals surface area contributed by atoms with Crippen LogP contribution in [0, 0.1) is 5.82 Å². The Morgan fingerprint density at radius 1 is 1.04 bits per heavy atom. The van der Waals surface area contributed by atoms with Gasteiger partial charge in [-0.25, -0.2) is 4.39 Å². The van der Waals surface area contributed by atoms with Crippen molar-refractivity contribution in [3.05, 3.63) is 70.5 Å². The summed E-state index contributed by atoms with van der Waals surface area (Å²) in [5.74, 6) is -0.169. The Balaban J connectivity index is 2.09. The van der Waals surface area contributed by atoms with Gasteiger partial charge in [0.1, 0.15) is 5.82 Å². The lowest BCUT2D eigenvalue weighted by Gasteiger charge is -2.31. The van der Waals surface area contributed by atoms with Crippen LogP contribution in [0.5, 0.6) is 0 Å². The summed E-state index contributed by atoms with van der Waals surface area (Å²) in [6.45, 7) is 7.39. The second kappa shape index (κ2) is 9.02. The van der Waals surface area contributed by atoms with Gasteiger partial charge in [0.25, 0.3) is 0 Å². The molecule has 0 spiro atoms. The van der Waals surface area contributed by atoms with E-state index in [2.05, 4.69) is 30.1 Å². The molecule has 0 fully saturated rings. The first-order chi connectivity index (χ1) is 11.2. The minimum atomic E-state index is -0.169. The van der Waals surface area contributed by atoms with Gasteiger partial charge in [-0.05, 0) is 30.8 Å². The maximum absolute atomic E-state index is 13.7. The fourth-order valence-corrected chi connectivity index (χ4v) is 3.09. The highest BCUT2D eigenvalue weighted by Gasteiger charge is 2.19. The van der Waals surface area contributed by atoms with Crippen LogP contribution in [-0.2, 0) is 6.54 Å². The summed E-state index contributed by atoms with van der Waals surface area (Å²) in [5, 5.41) is 4.15. The topological polar surface area (TPSA) is 15.3 Å². The van der Waals surface area contributed by atoms with Crippen molar-refractivity contribution in [2.24, 2.45) is 0 Å². The molecule has 0 aliphatic heterocycles. The highest BCUT2D eigenvalue weighted by atomic mass is 35.5. The molecule has 0 amide bonds. The number of benzene rings is 2. The fourth-order valence-electron chi connectivity index (χ4n) is 2.83. The van der Waals surface area contributed by atoms with Crippen molar-refractivity contribution in [2.45, 2.75) is 26.4 Å². The summed E-state index contributed by atoms with van der Waals surface area (Å²) in [4.78, 5) is 2.36. The van der Waals surface area contributed by atoms with E-state index in [9.17, 15) is 4.39 Å². The highest BCUT2D eigenvalue weighted by molar-refractivity contribution is 6.31. The molecule has 0 saturated heterocycles. The minimum Gasteiger partial charge on any atom is -0.311 e. The molecule has 0 radical (unpaired) electrons. The van der Waals surface area contributed by atoms with E-state index in [0.29, 0.717) is 12.1 Å². The Labute approximate surface area is 143 Å². The van der Waals surface area contributed by atoms with E-state index >= 15 is 0 Å². The summed E-state index contributed by atoms with van der Waals surface area (Å²) < 4.78 is 13.7. The molecular weight excluding hydrogens is 311 g/mol. The second-order valence-corrected chi connectivity index (χ2v) is 5.89. The van der Waals surface area contributed by atoms with E-state index in [0.717, 1.165) is 30.2 Å². The van der Waals surface area contributed by atoms with Crippen LogP contribution in [0.15, 0.2) is 48.5 Å². The Morgan fingerprint density at radius 3 is 2.35 bits per heavy atom. The van der Waals surface area contributed by atoms with Crippen LogP contribution in [0.1, 0.15) is 31.0 Å². The van der Waals surface area contributed by atoms with Gasteiger partial charge < -0.3 is 5.32 Å². The normalized spacial score (nSPS) is 12.6. The van der Waals surface area contributed by atoms with E-state index in [1.165, 1.54) is 6.07 Å². The first kappa shape index (κ1) is 17.9. The molecule has 2 aromatic rings. The lowest BCUT2D eigenvalue weighted by molar-refractivity contribution is 0.213. The molecule has 4 heteroatoms. The van der Waals surface area contributed by atoms with Crippen molar-refractivity contribution in [1.82, 2.24) is 10.2 Å². The van der Waals surface area contributed by atoms with Crippen LogP contribution < -0.4 is 5.32 Å². The van der Waals surface area contributed by atoms with Crippen molar-refractivity contribution in [3.63, 3.8) is 0 Å². The molecule has 0 aliphatic carbocycles. The second-order valence-electron chi connectivity index (χ2n) is 5.48. The fraction of sp³-hybridized carbons (Fsp3) is 0.368. The molecule has 23 heavy (non-hydrogen) atoms. The van der Waals surface area contributed by atoms with Gasteiger partial charge in [0.15, 0.2) is 0 Å². The first-order valence-electron chi connectivity index (χ1n) is 8.10. The molecule has 0 aliphatic rings. The van der Waals surface area contributed by atoms with Crippen LogP contribution in [-0.4, -0.2) is 24.5 Å². The van der Waals surface area contributed by atoms with Crippen molar-refractivity contribution < 1.29 is 4.39 Å². The van der Waals surface area contributed by atoms with E-state index in [-0.39, 0.29) is 11.9 Å². The predicted molar refractivity (Wildman–Crippen MR) is 95.2 cm³/mol. The third-order valence-corrected chi connectivity index (χ3v) is 4.47. The number of nitrogens with zero attached hydrogens (tertiary/aromatic N) is 1. The van der Waals surface area contributed by atoms with Crippen LogP contribution in [0.3, 0.4) is 0 Å². The first-order valence-corrected chi connectivity index (χ1v) is 8.47. The smallest absolute Gasteiger partial charge is 0.127 e. The zero-order valence-corrected chi connectivity index (χ0v) is 14.5. The van der Waals surface area contributed by atoms with E-state index < -0.39 is 0 Å². The van der Waals surface area contributed by atoms with E-state index in [1.54, 1.807) is 6.07 Å². The summed E-state index contributed by atoms with van der Waals surface area (Å²) in [6, 6.07) is 15.0. The largest absolute Gasteiger partial charge is 0.311 e. The van der Waals surface area contributed by atoms with Gasteiger partial charge >= 0.3 is 0 Å². The molecule has 1 N–H and O–H groups in total. The number of hydrogen-bond acceptors (Lipinski definition) is 2. The number of hydrogen-bond donors (Lipinski definition) is 1. The lowest BCUT2D eigenvalue weighted by Crippen LogP contribution is -2.36. The minimum absolute atomic E-state index is 0.169. The number of likely N-dealkylation sites (N-methyl/N-ethyl adjacent to an activating group) is 1. The maximum atomic E-state index is 13.7. The van der Waals surface area contributed by atoms with Gasteiger partial charge in [-0.1, -0.05) is 61.8 Å². The Kier molecular flexibility index (Phi) is 7.03. The molecule has 124 valence electrons. The molecule has 1 atom stereocenters. The van der Waals surface area contributed by atoms with Crippen LogP contribution >= 0.6 is 11.6 Å².